The molecule has 0 bridgehead atoms. The van der Waals surface area contributed by atoms with Crippen LogP contribution in [-0.4, -0.2) is 26.2 Å². The van der Waals surface area contributed by atoms with Gasteiger partial charge in [-0.15, -0.1) is 0 Å². The van der Waals surface area contributed by atoms with Crippen LogP contribution in [0.3, 0.4) is 0 Å². The first-order chi connectivity index (χ1) is 13.1. The summed E-state index contributed by atoms with van der Waals surface area (Å²) in [6.07, 6.45) is 4.13. The van der Waals surface area contributed by atoms with Gasteiger partial charge in [0.05, 0.1) is 18.2 Å². The van der Waals surface area contributed by atoms with E-state index in [0.717, 1.165) is 46.8 Å². The zero-order valence-electron chi connectivity index (χ0n) is 15.4. The highest BCUT2D eigenvalue weighted by molar-refractivity contribution is 5.91. The molecular formula is C21H22N4O2. The smallest absolute Gasteiger partial charge is 0.146 e. The van der Waals surface area contributed by atoms with Crippen molar-refractivity contribution in [2.45, 2.75) is 26.8 Å². The van der Waals surface area contributed by atoms with E-state index >= 15 is 0 Å². The molecule has 0 radical (unpaired) electrons. The van der Waals surface area contributed by atoms with Crippen LogP contribution in [0.2, 0.25) is 0 Å². The Morgan fingerprint density at radius 2 is 1.93 bits per heavy atom. The number of aryl methyl sites for hydroxylation is 1. The molecule has 0 amide bonds. The Bertz CT molecular complexity index is 1050. The summed E-state index contributed by atoms with van der Waals surface area (Å²) in [5.74, 6) is 2.03. The maximum Gasteiger partial charge on any atom is 0.146 e. The minimum absolute atomic E-state index is 0.285. The Morgan fingerprint density at radius 1 is 1.11 bits per heavy atom. The van der Waals surface area contributed by atoms with Gasteiger partial charge < -0.3 is 19.4 Å². The van der Waals surface area contributed by atoms with Gasteiger partial charge in [-0.05, 0) is 55.7 Å². The second-order valence-corrected chi connectivity index (χ2v) is 6.64. The van der Waals surface area contributed by atoms with Crippen LogP contribution in [0.1, 0.15) is 22.6 Å². The summed E-state index contributed by atoms with van der Waals surface area (Å²) >= 11 is 0. The summed E-state index contributed by atoms with van der Waals surface area (Å²) in [6.45, 7) is 5.59. The van der Waals surface area contributed by atoms with Gasteiger partial charge in [-0.25, -0.2) is 9.97 Å². The van der Waals surface area contributed by atoms with Crippen molar-refractivity contribution < 1.29 is 9.52 Å². The highest BCUT2D eigenvalue weighted by atomic mass is 16.3. The molecule has 0 aliphatic carbocycles. The lowest BCUT2D eigenvalue weighted by Gasteiger charge is -2.08. The van der Waals surface area contributed by atoms with Gasteiger partial charge in [0.25, 0.3) is 0 Å². The van der Waals surface area contributed by atoms with Crippen LogP contribution in [0.5, 0.6) is 5.75 Å². The highest BCUT2D eigenvalue weighted by Gasteiger charge is 2.17. The molecule has 2 N–H and O–H groups in total. The molecule has 0 unspecified atom stereocenters. The van der Waals surface area contributed by atoms with Crippen molar-refractivity contribution in [3.05, 3.63) is 71.6 Å². The first kappa shape index (κ1) is 17.1. The molecule has 4 rings (SSSR count). The molecule has 0 atom stereocenters. The fourth-order valence-electron chi connectivity index (χ4n) is 3.34. The van der Waals surface area contributed by atoms with E-state index in [0.29, 0.717) is 6.54 Å². The van der Waals surface area contributed by atoms with Gasteiger partial charge in [-0.1, -0.05) is 12.1 Å². The van der Waals surface area contributed by atoms with Crippen LogP contribution in [0.15, 0.2) is 53.4 Å². The van der Waals surface area contributed by atoms with E-state index in [-0.39, 0.29) is 5.75 Å². The van der Waals surface area contributed by atoms with E-state index in [2.05, 4.69) is 33.7 Å². The van der Waals surface area contributed by atoms with Crippen LogP contribution in [0, 0.1) is 13.8 Å². The number of anilines is 1. The molecule has 0 aliphatic rings. The van der Waals surface area contributed by atoms with E-state index in [1.54, 1.807) is 24.7 Å². The molecule has 0 spiro atoms. The number of hydrogen-bond acceptors (Lipinski definition) is 5. The molecule has 138 valence electrons. The number of aromatic hydroxyl groups is 1. The van der Waals surface area contributed by atoms with Crippen LogP contribution in [0.25, 0.3) is 11.0 Å². The number of fused-ring (bicyclic) bond motifs is 1. The third-order valence-corrected chi connectivity index (χ3v) is 4.94. The number of hydrogen-bond donors (Lipinski definition) is 2. The van der Waals surface area contributed by atoms with Crippen molar-refractivity contribution in [3.8, 4) is 5.75 Å². The Morgan fingerprint density at radius 3 is 2.67 bits per heavy atom. The standard InChI is InChI=1S/C21H22N4O2/c1-14-15(2)25(12-18-4-3-11-27-18)21-19(14)20(23-13-24-21)22-10-9-16-5-7-17(26)8-6-16/h3-8,11,13,26H,9-10,12H2,1-2H3,(H,22,23,24). The Hall–Kier alpha value is -3.28. The summed E-state index contributed by atoms with van der Waals surface area (Å²) in [4.78, 5) is 8.99. The number of phenols is 1. The third-order valence-electron chi connectivity index (χ3n) is 4.94. The van der Waals surface area contributed by atoms with Gasteiger partial charge in [0, 0.05) is 12.2 Å². The molecule has 1 aromatic carbocycles. The van der Waals surface area contributed by atoms with Gasteiger partial charge in [0.15, 0.2) is 0 Å². The van der Waals surface area contributed by atoms with Crippen LogP contribution in [-0.2, 0) is 13.0 Å². The summed E-state index contributed by atoms with van der Waals surface area (Å²) in [5.41, 5.74) is 4.39. The van der Waals surface area contributed by atoms with Crippen molar-refractivity contribution in [3.63, 3.8) is 0 Å². The van der Waals surface area contributed by atoms with Crippen LogP contribution < -0.4 is 5.32 Å². The Labute approximate surface area is 157 Å². The van der Waals surface area contributed by atoms with Gasteiger partial charge >= 0.3 is 0 Å². The van der Waals surface area contributed by atoms with Gasteiger partial charge in [0.2, 0.25) is 0 Å². The maximum absolute atomic E-state index is 9.39. The van der Waals surface area contributed by atoms with E-state index in [1.165, 1.54) is 5.56 Å². The number of aromatic nitrogens is 3. The quantitative estimate of drug-likeness (QED) is 0.541. The van der Waals surface area contributed by atoms with Crippen molar-refractivity contribution in [1.29, 1.82) is 0 Å². The average molecular weight is 362 g/mol. The molecule has 4 aromatic rings. The fourth-order valence-corrected chi connectivity index (χ4v) is 3.34. The van der Waals surface area contributed by atoms with Crippen LogP contribution in [0.4, 0.5) is 5.82 Å². The maximum atomic E-state index is 9.39. The zero-order valence-corrected chi connectivity index (χ0v) is 15.4. The lowest BCUT2D eigenvalue weighted by atomic mass is 10.1. The number of furan rings is 1. The van der Waals surface area contributed by atoms with Crippen LogP contribution >= 0.6 is 0 Å². The predicted octanol–water partition coefficient (Wildman–Crippen LogP) is 4.05. The Balaban J connectivity index is 1.59. The largest absolute Gasteiger partial charge is 0.508 e. The summed E-state index contributed by atoms with van der Waals surface area (Å²) < 4.78 is 7.67. The first-order valence-electron chi connectivity index (χ1n) is 8.98. The number of rotatable bonds is 6. The number of nitrogens with one attached hydrogen (secondary N) is 1. The zero-order chi connectivity index (χ0) is 18.8. The highest BCUT2D eigenvalue weighted by Crippen LogP contribution is 2.29. The fraction of sp³-hybridized carbons (Fsp3) is 0.238. The molecule has 3 heterocycles. The monoisotopic (exact) mass is 362 g/mol. The third kappa shape index (κ3) is 3.38. The molecule has 27 heavy (non-hydrogen) atoms. The molecule has 6 heteroatoms. The normalized spacial score (nSPS) is 11.2. The molecule has 0 saturated heterocycles. The van der Waals surface area contributed by atoms with Crippen molar-refractivity contribution in [2.75, 3.05) is 11.9 Å². The molecular weight excluding hydrogens is 340 g/mol. The molecule has 0 aliphatic heterocycles. The SMILES string of the molecule is Cc1c(C)n(Cc2ccco2)c2ncnc(NCCc3ccc(O)cc3)c12. The van der Waals surface area contributed by atoms with Crippen molar-refractivity contribution in [2.24, 2.45) is 0 Å². The van der Waals surface area contributed by atoms with Crippen molar-refractivity contribution in [1.82, 2.24) is 14.5 Å². The van der Waals surface area contributed by atoms with E-state index in [9.17, 15) is 5.11 Å². The minimum atomic E-state index is 0.285. The van der Waals surface area contributed by atoms with Gasteiger partial charge in [-0.2, -0.15) is 0 Å². The van der Waals surface area contributed by atoms with E-state index in [1.807, 2.05) is 24.3 Å². The average Bonchev–Trinajstić information content (AvgIpc) is 3.27. The van der Waals surface area contributed by atoms with Crippen molar-refractivity contribution >= 4 is 16.9 Å². The van der Waals surface area contributed by atoms with Gasteiger partial charge in [-0.3, -0.25) is 0 Å². The molecule has 0 fully saturated rings. The first-order valence-corrected chi connectivity index (χ1v) is 8.98. The lowest BCUT2D eigenvalue weighted by Crippen LogP contribution is -2.07. The predicted molar refractivity (Wildman–Crippen MR) is 105 cm³/mol. The number of benzene rings is 1. The summed E-state index contributed by atoms with van der Waals surface area (Å²) in [7, 11) is 0. The second kappa shape index (κ2) is 7.15. The van der Waals surface area contributed by atoms with E-state index in [4.69, 9.17) is 4.42 Å². The Kier molecular flexibility index (Phi) is 4.54. The summed E-state index contributed by atoms with van der Waals surface area (Å²) in [6, 6.07) is 11.2. The minimum Gasteiger partial charge on any atom is -0.508 e. The lowest BCUT2D eigenvalue weighted by molar-refractivity contribution is 0.475. The molecule has 6 nitrogen and oxygen atoms in total. The number of nitrogens with zero attached hydrogens (tertiary/aromatic N) is 3. The second-order valence-electron chi connectivity index (χ2n) is 6.64. The number of phenolic OH excluding ortho intramolecular Hbond substituents is 1. The topological polar surface area (TPSA) is 76.1 Å². The van der Waals surface area contributed by atoms with E-state index < -0.39 is 0 Å². The summed E-state index contributed by atoms with van der Waals surface area (Å²) in [5, 5.41) is 13.9. The van der Waals surface area contributed by atoms with Gasteiger partial charge in [0.1, 0.15) is 29.3 Å². The molecule has 0 saturated carbocycles. The molecule has 3 aromatic heterocycles.